The van der Waals surface area contributed by atoms with Gasteiger partial charge >= 0.3 is 12.0 Å². The van der Waals surface area contributed by atoms with Gasteiger partial charge in [-0.3, -0.25) is 14.5 Å². The molecule has 1 aliphatic rings. The zero-order valence-corrected chi connectivity index (χ0v) is 14.5. The Balaban J connectivity index is 2.43. The number of carboxylic acids is 1. The van der Waals surface area contributed by atoms with Gasteiger partial charge in [-0.25, -0.2) is 4.79 Å². The number of benzene rings is 1. The van der Waals surface area contributed by atoms with E-state index in [4.69, 9.17) is 9.84 Å². The zero-order chi connectivity index (χ0) is 19.4. The lowest BCUT2D eigenvalue weighted by molar-refractivity contribution is -0.137. The number of phenols is 1. The van der Waals surface area contributed by atoms with Gasteiger partial charge in [-0.1, -0.05) is 6.08 Å². The van der Waals surface area contributed by atoms with E-state index >= 15 is 0 Å². The first-order valence-corrected chi connectivity index (χ1v) is 7.86. The van der Waals surface area contributed by atoms with Crippen molar-refractivity contribution in [3.8, 4) is 11.5 Å². The van der Waals surface area contributed by atoms with Gasteiger partial charge in [0.1, 0.15) is 5.70 Å². The Kier molecular flexibility index (Phi) is 5.66. The number of phenolic OH excluding ortho intramolecular Hbond substituents is 1. The first-order chi connectivity index (χ1) is 12.3. The summed E-state index contributed by atoms with van der Waals surface area (Å²) in [6, 6.07) is 2.58. The largest absolute Gasteiger partial charge is 0.504 e. The van der Waals surface area contributed by atoms with Crippen LogP contribution in [0.4, 0.5) is 4.79 Å². The number of allylic oxidation sites excluding steroid dienone is 2. The van der Waals surface area contributed by atoms with Crippen molar-refractivity contribution >= 4 is 23.5 Å². The first-order valence-electron chi connectivity index (χ1n) is 7.86. The maximum Gasteiger partial charge on any atom is 0.329 e. The molecule has 1 fully saturated rings. The number of nitrogens with one attached hydrogen (secondary N) is 1. The molecule has 0 unspecified atom stereocenters. The average Bonchev–Trinajstić information content (AvgIpc) is 2.88. The van der Waals surface area contributed by atoms with Crippen LogP contribution >= 0.6 is 0 Å². The van der Waals surface area contributed by atoms with Crippen molar-refractivity contribution in [3.05, 3.63) is 41.6 Å². The molecule has 1 aliphatic heterocycles. The maximum atomic E-state index is 12.5. The van der Waals surface area contributed by atoms with E-state index in [-0.39, 0.29) is 30.2 Å². The number of rotatable bonds is 7. The summed E-state index contributed by atoms with van der Waals surface area (Å²) < 4.78 is 5.16. The van der Waals surface area contributed by atoms with Gasteiger partial charge in [-0.05, 0) is 36.6 Å². The van der Waals surface area contributed by atoms with Crippen molar-refractivity contribution < 1.29 is 29.3 Å². The molecule has 1 heterocycles. The van der Waals surface area contributed by atoms with Gasteiger partial charge in [0, 0.05) is 12.1 Å². The SMILES string of the molecule is C=CCc1cc(C(C)=C2NC(=O)N(CCC(=O)O)C2=O)cc(OC)c1O. The summed E-state index contributed by atoms with van der Waals surface area (Å²) in [6.45, 7) is 5.08. The highest BCUT2D eigenvalue weighted by Crippen LogP contribution is 2.35. The number of ether oxygens (including phenoxy) is 1. The van der Waals surface area contributed by atoms with Crippen molar-refractivity contribution in [2.24, 2.45) is 0 Å². The van der Waals surface area contributed by atoms with Crippen molar-refractivity contribution in [2.75, 3.05) is 13.7 Å². The molecule has 1 aromatic carbocycles. The number of nitrogens with zero attached hydrogens (tertiary/aromatic N) is 1. The van der Waals surface area contributed by atoms with Crippen molar-refractivity contribution in [1.82, 2.24) is 10.2 Å². The third-order valence-corrected chi connectivity index (χ3v) is 4.03. The number of urea groups is 1. The Bertz CT molecular complexity index is 812. The Morgan fingerprint density at radius 3 is 2.65 bits per heavy atom. The number of carboxylic acid groups (broad SMARTS) is 1. The summed E-state index contributed by atoms with van der Waals surface area (Å²) in [5, 5.41) is 21.4. The molecule has 0 radical (unpaired) electrons. The fourth-order valence-corrected chi connectivity index (χ4v) is 2.61. The van der Waals surface area contributed by atoms with Crippen LogP contribution in [0.3, 0.4) is 0 Å². The Morgan fingerprint density at radius 2 is 2.08 bits per heavy atom. The normalized spacial score (nSPS) is 15.7. The van der Waals surface area contributed by atoms with Crippen LogP contribution in [0.1, 0.15) is 24.5 Å². The molecule has 0 spiro atoms. The van der Waals surface area contributed by atoms with Gasteiger partial charge in [0.2, 0.25) is 0 Å². The second-order valence-electron chi connectivity index (χ2n) is 5.71. The minimum absolute atomic E-state index is 0.0150. The fourth-order valence-electron chi connectivity index (χ4n) is 2.61. The molecule has 0 aliphatic carbocycles. The number of carbonyl (C=O) groups is 3. The molecule has 8 heteroatoms. The summed E-state index contributed by atoms with van der Waals surface area (Å²) in [5.74, 6) is -1.47. The quantitative estimate of drug-likeness (QED) is 0.388. The molecule has 3 amide bonds. The van der Waals surface area contributed by atoms with E-state index < -0.39 is 17.9 Å². The monoisotopic (exact) mass is 360 g/mol. The molecule has 2 rings (SSSR count). The van der Waals surface area contributed by atoms with E-state index in [0.29, 0.717) is 23.1 Å². The van der Waals surface area contributed by atoms with Gasteiger partial charge in [0.05, 0.1) is 13.5 Å². The summed E-state index contributed by atoms with van der Waals surface area (Å²) >= 11 is 0. The van der Waals surface area contributed by atoms with Crippen molar-refractivity contribution in [1.29, 1.82) is 0 Å². The maximum absolute atomic E-state index is 12.5. The highest BCUT2D eigenvalue weighted by Gasteiger charge is 2.35. The highest BCUT2D eigenvalue weighted by molar-refractivity contribution is 6.15. The van der Waals surface area contributed by atoms with Gasteiger partial charge in [0.15, 0.2) is 11.5 Å². The molecular formula is C18H20N2O6. The number of carbonyl (C=O) groups excluding carboxylic acids is 2. The molecule has 0 atom stereocenters. The van der Waals surface area contributed by atoms with Crippen LogP contribution in [0.25, 0.3) is 5.57 Å². The van der Waals surface area contributed by atoms with Crippen LogP contribution in [0.2, 0.25) is 0 Å². The first kappa shape index (κ1) is 19.0. The van der Waals surface area contributed by atoms with E-state index in [1.165, 1.54) is 7.11 Å². The summed E-state index contributed by atoms with van der Waals surface area (Å²) in [6.07, 6.45) is 1.68. The van der Waals surface area contributed by atoms with Gasteiger partial charge < -0.3 is 20.3 Å². The third-order valence-electron chi connectivity index (χ3n) is 4.03. The Morgan fingerprint density at radius 1 is 1.38 bits per heavy atom. The van der Waals surface area contributed by atoms with Crippen LogP contribution < -0.4 is 10.1 Å². The van der Waals surface area contributed by atoms with Gasteiger partial charge in [-0.15, -0.1) is 6.58 Å². The smallest absolute Gasteiger partial charge is 0.329 e. The number of aliphatic carboxylic acids is 1. The van der Waals surface area contributed by atoms with Crippen LogP contribution in [0, 0.1) is 0 Å². The molecule has 8 nitrogen and oxygen atoms in total. The number of amides is 3. The molecule has 0 saturated carbocycles. The van der Waals surface area contributed by atoms with Crippen LogP contribution in [0.5, 0.6) is 11.5 Å². The second kappa shape index (κ2) is 7.73. The topological polar surface area (TPSA) is 116 Å². The number of aromatic hydroxyl groups is 1. The average molecular weight is 360 g/mol. The van der Waals surface area contributed by atoms with E-state index in [1.807, 2.05) is 0 Å². The highest BCUT2D eigenvalue weighted by atomic mass is 16.5. The lowest BCUT2D eigenvalue weighted by atomic mass is 9.99. The third kappa shape index (κ3) is 3.69. The fraction of sp³-hybridized carbons (Fsp3) is 0.278. The molecule has 1 saturated heterocycles. The zero-order valence-electron chi connectivity index (χ0n) is 14.5. The molecule has 1 aromatic rings. The van der Waals surface area contributed by atoms with Crippen molar-refractivity contribution in [2.45, 2.75) is 19.8 Å². The van der Waals surface area contributed by atoms with Crippen LogP contribution in [0.15, 0.2) is 30.5 Å². The minimum Gasteiger partial charge on any atom is -0.504 e. The van der Waals surface area contributed by atoms with E-state index in [2.05, 4.69) is 11.9 Å². The predicted molar refractivity (Wildman–Crippen MR) is 93.7 cm³/mol. The number of methoxy groups -OCH3 is 1. The summed E-state index contributed by atoms with van der Waals surface area (Å²) in [7, 11) is 1.41. The standard InChI is InChI=1S/C18H20N2O6/c1-4-5-11-8-12(9-13(26-3)16(11)23)10(2)15-17(24)20(18(25)19-15)7-6-14(21)22/h4,8-9,23H,1,5-7H2,2-3H3,(H,19,25)(H,21,22). The lowest BCUT2D eigenvalue weighted by Gasteiger charge is -2.13. The minimum atomic E-state index is -1.10. The lowest BCUT2D eigenvalue weighted by Crippen LogP contribution is -2.32. The van der Waals surface area contributed by atoms with E-state index in [9.17, 15) is 19.5 Å². The second-order valence-corrected chi connectivity index (χ2v) is 5.71. The predicted octanol–water partition coefficient (Wildman–Crippen LogP) is 1.89. The molecule has 0 aromatic heterocycles. The number of hydrogen-bond donors (Lipinski definition) is 3. The summed E-state index contributed by atoms with van der Waals surface area (Å²) in [4.78, 5) is 36.0. The molecule has 3 N–H and O–H groups in total. The molecular weight excluding hydrogens is 340 g/mol. The number of imide groups is 1. The van der Waals surface area contributed by atoms with Gasteiger partial charge in [0.25, 0.3) is 5.91 Å². The van der Waals surface area contributed by atoms with E-state index in [1.54, 1.807) is 25.1 Å². The molecule has 138 valence electrons. The van der Waals surface area contributed by atoms with Crippen LogP contribution in [-0.4, -0.2) is 46.7 Å². The molecule has 0 bridgehead atoms. The summed E-state index contributed by atoms with van der Waals surface area (Å²) in [5.41, 5.74) is 1.69. The van der Waals surface area contributed by atoms with Crippen LogP contribution in [-0.2, 0) is 16.0 Å². The molecule has 26 heavy (non-hydrogen) atoms. The van der Waals surface area contributed by atoms with Crippen molar-refractivity contribution in [3.63, 3.8) is 0 Å². The number of hydrogen-bond acceptors (Lipinski definition) is 5. The van der Waals surface area contributed by atoms with E-state index in [0.717, 1.165) is 4.90 Å². The Hall–Kier alpha value is -3.29. The Labute approximate surface area is 150 Å². The van der Waals surface area contributed by atoms with Gasteiger partial charge in [-0.2, -0.15) is 0 Å².